The van der Waals surface area contributed by atoms with Crippen LogP contribution in [0.15, 0.2) is 65.9 Å². The Balaban J connectivity index is 2.06. The fourth-order valence-corrected chi connectivity index (χ4v) is 4.16. The fourth-order valence-electron chi connectivity index (χ4n) is 4.16. The number of carbonyl (C=O) groups excluding carboxylic acids is 3. The molecule has 3 rings (SSSR count). The Labute approximate surface area is 196 Å². The van der Waals surface area contributed by atoms with Crippen LogP contribution < -0.4 is 5.32 Å². The van der Waals surface area contributed by atoms with E-state index in [1.54, 1.807) is 42.5 Å². The van der Waals surface area contributed by atoms with Crippen molar-refractivity contribution < 1.29 is 27.6 Å². The van der Waals surface area contributed by atoms with E-state index in [0.717, 1.165) is 17.4 Å². The standard InChI is InChI=1S/C26H27F3N2O3/c1-16-21(17(2)32)25(26(27,28)29,23(34)31(16)15-18-9-7-6-8-10-18)30-22(33)19-11-13-20(14-12-19)24(3,4)5/h6-14H,15H2,1-5H3,(H,30,33)/t25-/m1/s1. The number of halogens is 3. The van der Waals surface area contributed by atoms with E-state index in [9.17, 15) is 27.6 Å². The Bertz CT molecular complexity index is 1150. The van der Waals surface area contributed by atoms with E-state index >= 15 is 0 Å². The Hall–Kier alpha value is -3.42. The summed E-state index contributed by atoms with van der Waals surface area (Å²) in [4.78, 5) is 39.7. The molecule has 0 aliphatic carbocycles. The third-order valence-corrected chi connectivity index (χ3v) is 5.98. The summed E-state index contributed by atoms with van der Waals surface area (Å²) in [5, 5.41) is 1.90. The van der Waals surface area contributed by atoms with E-state index in [-0.39, 0.29) is 23.2 Å². The Morgan fingerprint density at radius 1 is 0.971 bits per heavy atom. The molecule has 0 fully saturated rings. The molecule has 0 saturated heterocycles. The monoisotopic (exact) mass is 472 g/mol. The molecule has 0 radical (unpaired) electrons. The van der Waals surface area contributed by atoms with E-state index in [1.807, 2.05) is 26.1 Å². The highest BCUT2D eigenvalue weighted by molar-refractivity contribution is 6.13. The topological polar surface area (TPSA) is 66.5 Å². The lowest BCUT2D eigenvalue weighted by atomic mass is 9.85. The van der Waals surface area contributed by atoms with Crippen LogP contribution in [0.25, 0.3) is 0 Å². The maximum absolute atomic E-state index is 14.6. The molecular formula is C26H27F3N2O3. The third kappa shape index (κ3) is 4.36. The van der Waals surface area contributed by atoms with Crippen LogP contribution in [0.3, 0.4) is 0 Å². The molecule has 0 bridgehead atoms. The fraction of sp³-hybridized carbons (Fsp3) is 0.346. The molecule has 1 heterocycles. The second kappa shape index (κ2) is 8.74. The van der Waals surface area contributed by atoms with Gasteiger partial charge in [0.05, 0.1) is 12.1 Å². The number of nitrogens with one attached hydrogen (secondary N) is 1. The first kappa shape index (κ1) is 25.2. The predicted octanol–water partition coefficient (Wildman–Crippen LogP) is 4.92. The predicted molar refractivity (Wildman–Crippen MR) is 122 cm³/mol. The van der Waals surface area contributed by atoms with Gasteiger partial charge >= 0.3 is 6.18 Å². The zero-order valence-electron chi connectivity index (χ0n) is 19.7. The van der Waals surface area contributed by atoms with Crippen LogP contribution >= 0.6 is 0 Å². The largest absolute Gasteiger partial charge is 0.425 e. The number of amides is 2. The molecule has 0 unspecified atom stereocenters. The van der Waals surface area contributed by atoms with Crippen LogP contribution in [-0.2, 0) is 21.5 Å². The van der Waals surface area contributed by atoms with Crippen molar-refractivity contribution >= 4 is 17.6 Å². The highest BCUT2D eigenvalue weighted by Gasteiger charge is 2.69. The van der Waals surface area contributed by atoms with Gasteiger partial charge in [-0.05, 0) is 42.5 Å². The van der Waals surface area contributed by atoms with Crippen LogP contribution in [0.1, 0.15) is 56.1 Å². The molecule has 0 saturated carbocycles. The lowest BCUT2D eigenvalue weighted by Gasteiger charge is -2.33. The molecule has 5 nitrogen and oxygen atoms in total. The van der Waals surface area contributed by atoms with Crippen molar-refractivity contribution in [1.29, 1.82) is 0 Å². The summed E-state index contributed by atoms with van der Waals surface area (Å²) in [5.74, 6) is -3.45. The SMILES string of the molecule is CC(=O)C1=C(C)N(Cc2ccccc2)C(=O)[C@@]1(NC(=O)c1ccc(C(C)(C)C)cc1)C(F)(F)F. The van der Waals surface area contributed by atoms with Gasteiger partial charge in [-0.2, -0.15) is 13.2 Å². The van der Waals surface area contributed by atoms with Crippen LogP contribution in [0.2, 0.25) is 0 Å². The summed E-state index contributed by atoms with van der Waals surface area (Å²) < 4.78 is 43.8. The summed E-state index contributed by atoms with van der Waals surface area (Å²) in [6.07, 6.45) is -5.25. The minimum Gasteiger partial charge on any atom is -0.326 e. The molecule has 1 aliphatic heterocycles. The van der Waals surface area contributed by atoms with E-state index in [2.05, 4.69) is 0 Å². The van der Waals surface area contributed by atoms with Crippen molar-refractivity contribution in [2.24, 2.45) is 0 Å². The minimum atomic E-state index is -5.25. The summed E-state index contributed by atoms with van der Waals surface area (Å²) in [7, 11) is 0. The van der Waals surface area contributed by atoms with Gasteiger partial charge in [-0.1, -0.05) is 63.2 Å². The van der Waals surface area contributed by atoms with Crippen LogP contribution in [-0.4, -0.2) is 34.2 Å². The number of carbonyl (C=O) groups is 3. The minimum absolute atomic E-state index is 0.0495. The molecule has 2 amide bonds. The molecular weight excluding hydrogens is 445 g/mol. The van der Waals surface area contributed by atoms with E-state index < -0.39 is 34.9 Å². The molecule has 8 heteroatoms. The number of ketones is 1. The summed E-state index contributed by atoms with van der Waals surface area (Å²) in [6.45, 7) is 7.97. The molecule has 1 aliphatic rings. The zero-order chi connectivity index (χ0) is 25.5. The number of benzene rings is 2. The maximum atomic E-state index is 14.6. The molecule has 1 atom stereocenters. The zero-order valence-corrected chi connectivity index (χ0v) is 19.7. The highest BCUT2D eigenvalue weighted by Crippen LogP contribution is 2.45. The molecule has 2 aromatic rings. The van der Waals surface area contributed by atoms with Crippen LogP contribution in [0.5, 0.6) is 0 Å². The number of Topliss-reactive ketones (excluding diaryl/α,β-unsaturated/α-hetero) is 1. The van der Waals surface area contributed by atoms with Crippen molar-refractivity contribution in [3.8, 4) is 0 Å². The highest BCUT2D eigenvalue weighted by atomic mass is 19.4. The molecule has 180 valence electrons. The number of hydrogen-bond acceptors (Lipinski definition) is 3. The molecule has 0 aromatic heterocycles. The van der Waals surface area contributed by atoms with Gasteiger partial charge < -0.3 is 10.2 Å². The Morgan fingerprint density at radius 3 is 2.00 bits per heavy atom. The first-order valence-corrected chi connectivity index (χ1v) is 10.8. The number of allylic oxidation sites excluding steroid dienone is 1. The summed E-state index contributed by atoms with van der Waals surface area (Å²) >= 11 is 0. The van der Waals surface area contributed by atoms with E-state index in [0.29, 0.717) is 5.56 Å². The molecule has 1 N–H and O–H groups in total. The summed E-state index contributed by atoms with van der Waals surface area (Å²) in [6, 6.07) is 14.6. The van der Waals surface area contributed by atoms with Gasteiger partial charge in [0.2, 0.25) is 5.54 Å². The van der Waals surface area contributed by atoms with Crippen molar-refractivity contribution in [2.45, 2.75) is 58.3 Å². The number of nitrogens with zero attached hydrogens (tertiary/aromatic N) is 1. The lowest BCUT2D eigenvalue weighted by Crippen LogP contribution is -2.66. The number of rotatable bonds is 5. The summed E-state index contributed by atoms with van der Waals surface area (Å²) in [5.41, 5.74) is -3.18. The second-order valence-electron chi connectivity index (χ2n) is 9.42. The molecule has 2 aromatic carbocycles. The second-order valence-corrected chi connectivity index (χ2v) is 9.42. The molecule has 34 heavy (non-hydrogen) atoms. The Kier molecular flexibility index (Phi) is 6.48. The van der Waals surface area contributed by atoms with Crippen molar-refractivity contribution in [3.63, 3.8) is 0 Å². The normalized spacial score (nSPS) is 18.9. The van der Waals surface area contributed by atoms with Gasteiger partial charge in [0.25, 0.3) is 11.8 Å². The van der Waals surface area contributed by atoms with Crippen molar-refractivity contribution in [2.75, 3.05) is 0 Å². The number of alkyl halides is 3. The smallest absolute Gasteiger partial charge is 0.326 e. The average Bonchev–Trinajstić information content (AvgIpc) is 2.96. The first-order valence-electron chi connectivity index (χ1n) is 10.8. The first-order chi connectivity index (χ1) is 15.7. The number of hydrogen-bond donors (Lipinski definition) is 1. The van der Waals surface area contributed by atoms with Crippen LogP contribution in [0.4, 0.5) is 13.2 Å². The van der Waals surface area contributed by atoms with Gasteiger partial charge in [0.1, 0.15) is 0 Å². The van der Waals surface area contributed by atoms with E-state index in [4.69, 9.17) is 0 Å². The average molecular weight is 473 g/mol. The molecule has 0 spiro atoms. The maximum Gasteiger partial charge on any atom is 0.425 e. The quantitative estimate of drug-likeness (QED) is 0.672. The Morgan fingerprint density at radius 2 is 1.53 bits per heavy atom. The van der Waals surface area contributed by atoms with Gasteiger partial charge in [0.15, 0.2) is 5.78 Å². The van der Waals surface area contributed by atoms with Crippen LogP contribution in [0, 0.1) is 0 Å². The van der Waals surface area contributed by atoms with E-state index in [1.165, 1.54) is 19.1 Å². The lowest BCUT2D eigenvalue weighted by molar-refractivity contribution is -0.190. The van der Waals surface area contributed by atoms with Gasteiger partial charge in [-0.25, -0.2) is 0 Å². The van der Waals surface area contributed by atoms with Gasteiger partial charge in [-0.3, -0.25) is 14.4 Å². The van der Waals surface area contributed by atoms with Gasteiger partial charge in [0, 0.05) is 11.3 Å². The third-order valence-electron chi connectivity index (χ3n) is 5.98. The van der Waals surface area contributed by atoms with Crippen molar-refractivity contribution in [3.05, 3.63) is 82.6 Å². The van der Waals surface area contributed by atoms with Gasteiger partial charge in [-0.15, -0.1) is 0 Å². The van der Waals surface area contributed by atoms with Crippen molar-refractivity contribution in [1.82, 2.24) is 10.2 Å².